The average Bonchev–Trinajstić information content (AvgIpc) is 2.47. The Morgan fingerprint density at radius 1 is 1.40 bits per heavy atom. The van der Waals surface area contributed by atoms with Gasteiger partial charge in [0.1, 0.15) is 5.75 Å². The summed E-state index contributed by atoms with van der Waals surface area (Å²) in [6.45, 7) is 5.40. The summed E-state index contributed by atoms with van der Waals surface area (Å²) in [5, 5.41) is 3.52. The summed E-state index contributed by atoms with van der Waals surface area (Å²) in [5.74, 6) is 1.11. The van der Waals surface area contributed by atoms with Gasteiger partial charge in [0.15, 0.2) is 0 Å². The van der Waals surface area contributed by atoms with Crippen LogP contribution in [0.1, 0.15) is 43.9 Å². The van der Waals surface area contributed by atoms with E-state index in [0.717, 1.165) is 31.6 Å². The number of ether oxygens (including phenoxy) is 1. The van der Waals surface area contributed by atoms with Crippen LogP contribution < -0.4 is 10.1 Å². The highest BCUT2D eigenvalue weighted by Crippen LogP contribution is 2.40. The van der Waals surface area contributed by atoms with E-state index in [-0.39, 0.29) is 11.6 Å². The summed E-state index contributed by atoms with van der Waals surface area (Å²) in [6.07, 6.45) is 3.33. The van der Waals surface area contributed by atoms with E-state index in [9.17, 15) is 0 Å². The molecule has 1 aliphatic rings. The van der Waals surface area contributed by atoms with Crippen molar-refractivity contribution in [2.45, 2.75) is 44.7 Å². The van der Waals surface area contributed by atoms with E-state index in [1.54, 1.807) is 0 Å². The van der Waals surface area contributed by atoms with Gasteiger partial charge in [-0.05, 0) is 52.9 Å². The van der Waals surface area contributed by atoms with Gasteiger partial charge < -0.3 is 15.0 Å². The Hall–Kier alpha value is -1.06. The number of nitrogens with one attached hydrogen (secondary N) is 1. The van der Waals surface area contributed by atoms with Gasteiger partial charge in [-0.1, -0.05) is 25.1 Å². The van der Waals surface area contributed by atoms with Crippen LogP contribution in [0, 0.1) is 0 Å². The fourth-order valence-corrected chi connectivity index (χ4v) is 3.22. The molecule has 112 valence electrons. The van der Waals surface area contributed by atoms with Gasteiger partial charge in [-0.3, -0.25) is 0 Å². The van der Waals surface area contributed by atoms with E-state index in [1.807, 2.05) is 7.05 Å². The van der Waals surface area contributed by atoms with E-state index in [2.05, 4.69) is 56.4 Å². The van der Waals surface area contributed by atoms with Gasteiger partial charge in [0.2, 0.25) is 0 Å². The molecule has 0 amide bonds. The van der Waals surface area contributed by atoms with Crippen LogP contribution >= 0.6 is 0 Å². The molecule has 0 saturated carbocycles. The van der Waals surface area contributed by atoms with E-state index in [4.69, 9.17) is 4.74 Å². The number of likely N-dealkylation sites (N-methyl/N-ethyl adjacent to an activating group) is 2. The second-order valence-corrected chi connectivity index (χ2v) is 6.11. The number of aryl methyl sites for hydroxylation is 1. The van der Waals surface area contributed by atoms with Gasteiger partial charge in [0.25, 0.3) is 0 Å². The van der Waals surface area contributed by atoms with Gasteiger partial charge in [-0.15, -0.1) is 0 Å². The number of fused-ring (bicyclic) bond motifs is 1. The fourth-order valence-electron chi connectivity index (χ4n) is 3.22. The molecule has 0 aromatic heterocycles. The maximum Gasteiger partial charge on any atom is 0.127 e. The first kappa shape index (κ1) is 15.3. The molecule has 3 nitrogen and oxygen atoms in total. The van der Waals surface area contributed by atoms with E-state index >= 15 is 0 Å². The van der Waals surface area contributed by atoms with Gasteiger partial charge in [0, 0.05) is 11.1 Å². The highest BCUT2D eigenvalue weighted by molar-refractivity contribution is 5.45. The summed E-state index contributed by atoms with van der Waals surface area (Å²) in [6, 6.07) is 6.83. The zero-order valence-corrected chi connectivity index (χ0v) is 13.5. The van der Waals surface area contributed by atoms with E-state index in [1.165, 1.54) is 11.1 Å². The lowest BCUT2D eigenvalue weighted by Crippen LogP contribution is -2.50. The van der Waals surface area contributed by atoms with Crippen molar-refractivity contribution in [1.29, 1.82) is 0 Å². The minimum atomic E-state index is 0.0602. The van der Waals surface area contributed by atoms with Gasteiger partial charge in [0.05, 0.1) is 12.6 Å². The molecule has 0 bridgehead atoms. The van der Waals surface area contributed by atoms with Crippen LogP contribution in [-0.2, 0) is 6.42 Å². The van der Waals surface area contributed by atoms with E-state index < -0.39 is 0 Å². The molecule has 1 aromatic carbocycles. The summed E-state index contributed by atoms with van der Waals surface area (Å²) < 4.78 is 6.00. The Labute approximate surface area is 123 Å². The molecule has 1 heterocycles. The maximum absolute atomic E-state index is 6.00. The highest BCUT2D eigenvalue weighted by atomic mass is 16.5. The zero-order valence-electron chi connectivity index (χ0n) is 13.5. The lowest BCUT2D eigenvalue weighted by Gasteiger charge is -2.43. The molecule has 1 aliphatic heterocycles. The normalized spacial score (nSPS) is 19.1. The number of hydrogen-bond acceptors (Lipinski definition) is 3. The van der Waals surface area contributed by atoms with E-state index in [0.29, 0.717) is 0 Å². The molecule has 0 spiro atoms. The molecular formula is C17H28N2O. The van der Waals surface area contributed by atoms with Crippen molar-refractivity contribution in [2.24, 2.45) is 0 Å². The van der Waals surface area contributed by atoms with Gasteiger partial charge in [-0.2, -0.15) is 0 Å². The highest BCUT2D eigenvalue weighted by Gasteiger charge is 2.37. The molecule has 2 rings (SSSR count). The Morgan fingerprint density at radius 2 is 2.15 bits per heavy atom. The van der Waals surface area contributed by atoms with Crippen LogP contribution in [0.5, 0.6) is 5.75 Å². The standard InChI is InChI=1S/C17H28N2O/c1-6-17(2,19(4)5)16(18-3)14-11-7-9-13-10-8-12-20-15(13)14/h7,9,11,16,18H,6,8,10,12H2,1-5H3. The van der Waals surface area contributed by atoms with Crippen LogP contribution in [-0.4, -0.2) is 38.2 Å². The van der Waals surface area contributed by atoms with Crippen molar-refractivity contribution < 1.29 is 4.74 Å². The summed E-state index contributed by atoms with van der Waals surface area (Å²) in [7, 11) is 6.36. The van der Waals surface area contributed by atoms with Crippen molar-refractivity contribution in [3.05, 3.63) is 29.3 Å². The molecule has 1 N–H and O–H groups in total. The third kappa shape index (κ3) is 2.57. The Balaban J connectivity index is 2.47. The molecule has 1 aromatic rings. The van der Waals surface area contributed by atoms with Crippen LogP contribution in [0.3, 0.4) is 0 Å². The lowest BCUT2D eigenvalue weighted by molar-refractivity contribution is 0.114. The maximum atomic E-state index is 6.00. The number of nitrogens with zero attached hydrogens (tertiary/aromatic N) is 1. The minimum Gasteiger partial charge on any atom is -0.493 e. The van der Waals surface area contributed by atoms with Crippen molar-refractivity contribution >= 4 is 0 Å². The molecular weight excluding hydrogens is 248 g/mol. The molecule has 0 saturated heterocycles. The predicted molar refractivity (Wildman–Crippen MR) is 84.4 cm³/mol. The first-order valence-corrected chi connectivity index (χ1v) is 7.64. The number of rotatable bonds is 5. The summed E-state index contributed by atoms with van der Waals surface area (Å²) >= 11 is 0. The lowest BCUT2D eigenvalue weighted by atomic mass is 9.82. The van der Waals surface area contributed by atoms with Crippen LogP contribution in [0.4, 0.5) is 0 Å². The van der Waals surface area contributed by atoms with Crippen molar-refractivity contribution in [3.8, 4) is 5.75 Å². The molecule has 20 heavy (non-hydrogen) atoms. The fraction of sp³-hybridized carbons (Fsp3) is 0.647. The minimum absolute atomic E-state index is 0.0602. The topological polar surface area (TPSA) is 24.5 Å². The third-order valence-corrected chi connectivity index (χ3v) is 4.92. The van der Waals surface area contributed by atoms with Crippen molar-refractivity contribution in [2.75, 3.05) is 27.7 Å². The van der Waals surface area contributed by atoms with Crippen molar-refractivity contribution in [3.63, 3.8) is 0 Å². The summed E-state index contributed by atoms with van der Waals surface area (Å²) in [4.78, 5) is 2.32. The molecule has 0 fully saturated rings. The first-order valence-electron chi connectivity index (χ1n) is 7.64. The summed E-state index contributed by atoms with van der Waals surface area (Å²) in [5.41, 5.74) is 2.71. The van der Waals surface area contributed by atoms with Crippen LogP contribution in [0.25, 0.3) is 0 Å². The molecule has 0 aliphatic carbocycles. The number of hydrogen-bond donors (Lipinski definition) is 1. The SMILES string of the molecule is CCC(C)(C(NC)c1cccc2c1OCCC2)N(C)C. The monoisotopic (exact) mass is 276 g/mol. The Kier molecular flexibility index (Phi) is 4.71. The predicted octanol–water partition coefficient (Wildman–Crippen LogP) is 3.00. The molecule has 2 unspecified atom stereocenters. The molecule has 0 radical (unpaired) electrons. The van der Waals surface area contributed by atoms with Crippen LogP contribution in [0.15, 0.2) is 18.2 Å². The quantitative estimate of drug-likeness (QED) is 0.895. The van der Waals surface area contributed by atoms with Crippen molar-refractivity contribution in [1.82, 2.24) is 10.2 Å². The third-order valence-electron chi connectivity index (χ3n) is 4.92. The molecule has 2 atom stereocenters. The second kappa shape index (κ2) is 6.15. The van der Waals surface area contributed by atoms with Gasteiger partial charge >= 0.3 is 0 Å². The Bertz CT molecular complexity index is 458. The number of benzene rings is 1. The smallest absolute Gasteiger partial charge is 0.127 e. The first-order chi connectivity index (χ1) is 9.54. The molecule has 3 heteroatoms. The van der Waals surface area contributed by atoms with Gasteiger partial charge in [-0.25, -0.2) is 0 Å². The second-order valence-electron chi connectivity index (χ2n) is 6.11. The zero-order chi connectivity index (χ0) is 14.8. The average molecular weight is 276 g/mol. The number of para-hydroxylation sites is 1. The Morgan fingerprint density at radius 3 is 2.75 bits per heavy atom. The van der Waals surface area contributed by atoms with Crippen LogP contribution in [0.2, 0.25) is 0 Å². The largest absolute Gasteiger partial charge is 0.493 e.